The quantitative estimate of drug-likeness (QED) is 0.598. The van der Waals surface area contributed by atoms with Gasteiger partial charge in [-0.1, -0.05) is 6.92 Å². The number of rotatable bonds is 3. The summed E-state index contributed by atoms with van der Waals surface area (Å²) in [7, 11) is 1.87. The van der Waals surface area contributed by atoms with Gasteiger partial charge in [0.15, 0.2) is 0 Å². The molecule has 0 spiro atoms. The van der Waals surface area contributed by atoms with Crippen LogP contribution in [0, 0.1) is 0 Å². The summed E-state index contributed by atoms with van der Waals surface area (Å²) >= 11 is 0. The van der Waals surface area contributed by atoms with E-state index in [1.807, 2.05) is 20.2 Å². The first-order valence-electron chi connectivity index (χ1n) is 3.73. The lowest BCUT2D eigenvalue weighted by molar-refractivity contribution is -0.107. The van der Waals surface area contributed by atoms with Gasteiger partial charge in [-0.3, -0.25) is 4.68 Å². The Hall–Kier alpha value is -1.12. The molecule has 0 radical (unpaired) electrons. The van der Waals surface area contributed by atoms with E-state index in [-0.39, 0.29) is 0 Å². The molecule has 0 N–H and O–H groups in total. The van der Waals surface area contributed by atoms with Crippen LogP contribution in [0.5, 0.6) is 0 Å². The monoisotopic (exact) mass is 152 g/mol. The molecule has 0 saturated carbocycles. The molecule has 1 aromatic rings. The van der Waals surface area contributed by atoms with E-state index in [0.29, 0.717) is 6.42 Å². The summed E-state index contributed by atoms with van der Waals surface area (Å²) in [5, 5.41) is 4.21. The van der Waals surface area contributed by atoms with E-state index in [9.17, 15) is 4.79 Å². The van der Waals surface area contributed by atoms with Gasteiger partial charge in [-0.15, -0.1) is 0 Å². The fourth-order valence-electron chi connectivity index (χ4n) is 1.14. The first-order chi connectivity index (χ1) is 5.27. The molecule has 0 atom stereocenters. The third kappa shape index (κ3) is 1.67. The van der Waals surface area contributed by atoms with Crippen molar-refractivity contribution in [1.29, 1.82) is 0 Å². The smallest absolute Gasteiger partial charge is 0.124 e. The van der Waals surface area contributed by atoms with Crippen LogP contribution in [0.1, 0.15) is 18.2 Å². The summed E-state index contributed by atoms with van der Waals surface area (Å²) in [6.45, 7) is 2.04. The van der Waals surface area contributed by atoms with Crippen molar-refractivity contribution in [3.63, 3.8) is 0 Å². The molecular formula is C8H12N2O. The van der Waals surface area contributed by atoms with Crippen molar-refractivity contribution in [2.75, 3.05) is 0 Å². The van der Waals surface area contributed by atoms with Crippen LogP contribution in [0.4, 0.5) is 0 Å². The summed E-state index contributed by atoms with van der Waals surface area (Å²) in [6, 6.07) is 0. The van der Waals surface area contributed by atoms with E-state index in [1.165, 1.54) is 0 Å². The van der Waals surface area contributed by atoms with Gasteiger partial charge in [-0.2, -0.15) is 5.10 Å². The maximum Gasteiger partial charge on any atom is 0.124 e. The maximum atomic E-state index is 10.2. The van der Waals surface area contributed by atoms with E-state index < -0.39 is 0 Å². The topological polar surface area (TPSA) is 34.9 Å². The van der Waals surface area contributed by atoms with Gasteiger partial charge in [0.05, 0.1) is 5.69 Å². The fourth-order valence-corrected chi connectivity index (χ4v) is 1.14. The zero-order valence-corrected chi connectivity index (χ0v) is 6.87. The minimum atomic E-state index is 0.483. The molecule has 3 nitrogen and oxygen atoms in total. The molecule has 0 fully saturated rings. The van der Waals surface area contributed by atoms with Crippen LogP contribution in [0.2, 0.25) is 0 Å². The van der Waals surface area contributed by atoms with Gasteiger partial charge < -0.3 is 4.79 Å². The van der Waals surface area contributed by atoms with Crippen molar-refractivity contribution < 1.29 is 4.79 Å². The summed E-state index contributed by atoms with van der Waals surface area (Å²) in [5.41, 5.74) is 2.07. The number of nitrogens with zero attached hydrogens (tertiary/aromatic N) is 2. The molecule has 0 unspecified atom stereocenters. The van der Waals surface area contributed by atoms with Gasteiger partial charge in [0.1, 0.15) is 6.29 Å². The molecule has 0 saturated heterocycles. The number of aryl methyl sites for hydroxylation is 2. The molecule has 0 aliphatic heterocycles. The van der Waals surface area contributed by atoms with Crippen LogP contribution < -0.4 is 0 Å². The average Bonchev–Trinajstić information content (AvgIpc) is 2.32. The van der Waals surface area contributed by atoms with Crippen LogP contribution in [0.15, 0.2) is 6.20 Å². The first-order valence-corrected chi connectivity index (χ1v) is 3.73. The molecule has 0 bridgehead atoms. The standard InChI is InChI=1S/C8H12N2O/c1-3-8-7(4-5-11)6-10(2)9-8/h5-6H,3-4H2,1-2H3. The van der Waals surface area contributed by atoms with Crippen molar-refractivity contribution in [3.05, 3.63) is 17.5 Å². The molecule has 1 rings (SSSR count). The van der Waals surface area contributed by atoms with Gasteiger partial charge in [-0.25, -0.2) is 0 Å². The molecule has 3 heteroatoms. The Morgan fingerprint density at radius 2 is 2.45 bits per heavy atom. The second kappa shape index (κ2) is 3.32. The van der Waals surface area contributed by atoms with Crippen molar-refractivity contribution in [2.45, 2.75) is 19.8 Å². The zero-order chi connectivity index (χ0) is 8.27. The number of carbonyl (C=O) groups is 1. The molecular weight excluding hydrogens is 140 g/mol. The number of hydrogen-bond donors (Lipinski definition) is 0. The third-order valence-electron chi connectivity index (χ3n) is 1.63. The third-order valence-corrected chi connectivity index (χ3v) is 1.63. The predicted octanol–water partition coefficient (Wildman–Crippen LogP) is 0.724. The summed E-state index contributed by atoms with van der Waals surface area (Å²) < 4.78 is 1.75. The average molecular weight is 152 g/mol. The molecule has 11 heavy (non-hydrogen) atoms. The summed E-state index contributed by atoms with van der Waals surface area (Å²) in [4.78, 5) is 10.2. The highest BCUT2D eigenvalue weighted by Gasteiger charge is 2.03. The Labute approximate surface area is 66.0 Å². The minimum Gasteiger partial charge on any atom is -0.303 e. The van der Waals surface area contributed by atoms with Crippen LogP contribution in [0.3, 0.4) is 0 Å². The Morgan fingerprint density at radius 1 is 1.73 bits per heavy atom. The van der Waals surface area contributed by atoms with E-state index in [1.54, 1.807) is 4.68 Å². The molecule has 0 aromatic carbocycles. The molecule has 1 aromatic heterocycles. The maximum absolute atomic E-state index is 10.2. The Morgan fingerprint density at radius 3 is 3.00 bits per heavy atom. The highest BCUT2D eigenvalue weighted by molar-refractivity contribution is 5.55. The second-order valence-electron chi connectivity index (χ2n) is 2.50. The summed E-state index contributed by atoms with van der Waals surface area (Å²) in [5.74, 6) is 0. The predicted molar refractivity (Wildman–Crippen MR) is 42.4 cm³/mol. The second-order valence-corrected chi connectivity index (χ2v) is 2.50. The first kappa shape index (κ1) is 7.98. The van der Waals surface area contributed by atoms with Gasteiger partial charge in [-0.05, 0) is 6.42 Å². The van der Waals surface area contributed by atoms with Gasteiger partial charge in [0, 0.05) is 25.2 Å². The lowest BCUT2D eigenvalue weighted by Crippen LogP contribution is -1.90. The van der Waals surface area contributed by atoms with E-state index in [0.717, 1.165) is 24.0 Å². The van der Waals surface area contributed by atoms with Crippen LogP contribution >= 0.6 is 0 Å². The minimum absolute atomic E-state index is 0.483. The number of carbonyl (C=O) groups excluding carboxylic acids is 1. The van der Waals surface area contributed by atoms with Gasteiger partial charge in [0.2, 0.25) is 0 Å². The molecule has 0 aliphatic rings. The van der Waals surface area contributed by atoms with Gasteiger partial charge in [0.25, 0.3) is 0 Å². The van der Waals surface area contributed by atoms with Crippen molar-refractivity contribution in [1.82, 2.24) is 9.78 Å². The molecule has 0 aliphatic carbocycles. The highest BCUT2D eigenvalue weighted by atomic mass is 16.1. The normalized spacial score (nSPS) is 10.0. The molecule has 1 heterocycles. The highest BCUT2D eigenvalue weighted by Crippen LogP contribution is 2.06. The van der Waals surface area contributed by atoms with E-state index in [2.05, 4.69) is 5.10 Å². The Bertz CT molecular complexity index is 253. The van der Waals surface area contributed by atoms with Crippen molar-refractivity contribution in [3.8, 4) is 0 Å². The van der Waals surface area contributed by atoms with Crippen LogP contribution in [-0.2, 0) is 24.7 Å². The van der Waals surface area contributed by atoms with Crippen molar-refractivity contribution >= 4 is 6.29 Å². The van der Waals surface area contributed by atoms with Crippen molar-refractivity contribution in [2.24, 2.45) is 7.05 Å². The SMILES string of the molecule is CCc1nn(C)cc1CC=O. The molecule has 60 valence electrons. The lowest BCUT2D eigenvalue weighted by Gasteiger charge is -1.90. The van der Waals surface area contributed by atoms with Crippen LogP contribution in [0.25, 0.3) is 0 Å². The fraction of sp³-hybridized carbons (Fsp3) is 0.500. The van der Waals surface area contributed by atoms with Gasteiger partial charge >= 0.3 is 0 Å². The zero-order valence-electron chi connectivity index (χ0n) is 6.87. The summed E-state index contributed by atoms with van der Waals surface area (Å²) in [6.07, 6.45) is 4.18. The number of aldehydes is 1. The van der Waals surface area contributed by atoms with Crippen LogP contribution in [-0.4, -0.2) is 16.1 Å². The number of aromatic nitrogens is 2. The number of hydrogen-bond acceptors (Lipinski definition) is 2. The lowest BCUT2D eigenvalue weighted by atomic mass is 10.2. The Kier molecular flexibility index (Phi) is 2.41. The largest absolute Gasteiger partial charge is 0.303 e. The van der Waals surface area contributed by atoms with E-state index in [4.69, 9.17) is 0 Å². The Balaban J connectivity index is 2.91. The molecule has 0 amide bonds. The van der Waals surface area contributed by atoms with E-state index >= 15 is 0 Å².